The highest BCUT2D eigenvalue weighted by molar-refractivity contribution is 6.09. The molecule has 2 aromatic heterocycles. The maximum absolute atomic E-state index is 5.65. The number of dihydropyridines is 1. The Balaban J connectivity index is 1.92. The van der Waals surface area contributed by atoms with E-state index in [2.05, 4.69) is 32.3 Å². The normalized spacial score (nSPS) is 15.1. The van der Waals surface area contributed by atoms with Crippen LogP contribution in [0.5, 0.6) is 0 Å². The van der Waals surface area contributed by atoms with Gasteiger partial charge in [-0.15, -0.1) is 4.99 Å². The summed E-state index contributed by atoms with van der Waals surface area (Å²) in [4.78, 5) is 19.1. The summed E-state index contributed by atoms with van der Waals surface area (Å²) in [5, 5.41) is 0. The maximum atomic E-state index is 5.65. The number of hydrazine groups is 1. The Labute approximate surface area is 153 Å². The Bertz CT molecular complexity index is 883. The summed E-state index contributed by atoms with van der Waals surface area (Å²) < 4.78 is 0. The summed E-state index contributed by atoms with van der Waals surface area (Å²) in [6.07, 6.45) is 4.93. The fourth-order valence-electron chi connectivity index (χ4n) is 2.64. The third-order valence-corrected chi connectivity index (χ3v) is 4.17. The summed E-state index contributed by atoms with van der Waals surface area (Å²) in [7, 11) is 1.96. The zero-order valence-electron chi connectivity index (χ0n) is 15.3. The lowest BCUT2D eigenvalue weighted by Crippen LogP contribution is -2.23. The van der Waals surface area contributed by atoms with Gasteiger partial charge in [0.05, 0.1) is 13.6 Å². The Hall–Kier alpha value is -3.06. The van der Waals surface area contributed by atoms with Crippen LogP contribution >= 0.6 is 0 Å². The first kappa shape index (κ1) is 17.8. The molecule has 0 bridgehead atoms. The van der Waals surface area contributed by atoms with E-state index in [1.165, 1.54) is 0 Å². The van der Waals surface area contributed by atoms with Crippen molar-refractivity contribution in [2.24, 2.45) is 15.8 Å². The number of nitrogens with zero attached hydrogens (tertiary/aromatic N) is 4. The fraction of sp³-hybridized carbons (Fsp3) is 0.263. The number of nitrogens with two attached hydrogens (primary N) is 1. The number of H-pyrrole nitrogens is 1. The first-order chi connectivity index (χ1) is 12.6. The Morgan fingerprint density at radius 2 is 2.12 bits per heavy atom. The molecule has 0 aromatic carbocycles. The van der Waals surface area contributed by atoms with Crippen molar-refractivity contribution in [2.75, 3.05) is 23.9 Å². The number of aromatic amines is 1. The number of aryl methyl sites for hydroxylation is 1. The quantitative estimate of drug-likeness (QED) is 0.640. The van der Waals surface area contributed by atoms with E-state index in [4.69, 9.17) is 5.84 Å². The summed E-state index contributed by atoms with van der Waals surface area (Å²) in [5.74, 6) is 8.01. The minimum Gasteiger partial charge on any atom is -0.318 e. The Morgan fingerprint density at radius 1 is 1.27 bits per heavy atom. The average molecular weight is 350 g/mol. The largest absolute Gasteiger partial charge is 0.318 e. The lowest BCUT2D eigenvalue weighted by atomic mass is 10.2. The zero-order chi connectivity index (χ0) is 18.5. The number of aliphatic imine (C=N–C) groups is 2. The standard InChI is InChI=1S/C19H23N7/c1-4-14-8-9-15(12-21-14)23-19-16(25-20)10-11-18(24-19)26(3)17-7-5-6-13(2)22-17/h5-11,25H,4,12,20H2,1-3H3/p+1. The molecule has 7 heteroatoms. The number of rotatable bonds is 5. The lowest BCUT2D eigenvalue weighted by Gasteiger charge is -2.13. The van der Waals surface area contributed by atoms with Gasteiger partial charge in [0.15, 0.2) is 5.82 Å². The van der Waals surface area contributed by atoms with Crippen molar-refractivity contribution in [1.29, 1.82) is 0 Å². The predicted molar refractivity (Wildman–Crippen MR) is 107 cm³/mol. The Morgan fingerprint density at radius 3 is 2.77 bits per heavy atom. The highest BCUT2D eigenvalue weighted by atomic mass is 15.3. The van der Waals surface area contributed by atoms with Crippen molar-refractivity contribution in [3.63, 3.8) is 0 Å². The molecule has 0 amide bonds. The van der Waals surface area contributed by atoms with Gasteiger partial charge in [0, 0.05) is 17.5 Å². The molecule has 0 radical (unpaired) electrons. The highest BCUT2D eigenvalue weighted by Crippen LogP contribution is 2.24. The number of aromatic nitrogens is 2. The predicted octanol–water partition coefficient (Wildman–Crippen LogP) is 2.75. The zero-order valence-corrected chi connectivity index (χ0v) is 15.3. The van der Waals surface area contributed by atoms with E-state index in [9.17, 15) is 0 Å². The van der Waals surface area contributed by atoms with E-state index in [-0.39, 0.29) is 0 Å². The average Bonchev–Trinajstić information content (AvgIpc) is 2.68. The van der Waals surface area contributed by atoms with E-state index in [1.54, 1.807) is 0 Å². The molecule has 0 spiro atoms. The summed E-state index contributed by atoms with van der Waals surface area (Å²) >= 11 is 0. The molecule has 1 aliphatic rings. The number of pyridine rings is 2. The van der Waals surface area contributed by atoms with E-state index < -0.39 is 0 Å². The van der Waals surface area contributed by atoms with Crippen LogP contribution in [0.1, 0.15) is 19.0 Å². The molecule has 0 atom stereocenters. The molecule has 0 saturated heterocycles. The van der Waals surface area contributed by atoms with E-state index in [0.717, 1.165) is 35.2 Å². The smallest absolute Gasteiger partial charge is 0.285 e. The Kier molecular flexibility index (Phi) is 5.38. The summed E-state index contributed by atoms with van der Waals surface area (Å²) in [6, 6.07) is 9.76. The van der Waals surface area contributed by atoms with Crippen LogP contribution in [0.25, 0.3) is 0 Å². The van der Waals surface area contributed by atoms with Gasteiger partial charge in [-0.3, -0.25) is 10.8 Å². The van der Waals surface area contributed by atoms with E-state index in [0.29, 0.717) is 18.1 Å². The second-order valence-electron chi connectivity index (χ2n) is 6.04. The third kappa shape index (κ3) is 3.94. The van der Waals surface area contributed by atoms with Crippen LogP contribution in [0.15, 0.2) is 52.5 Å². The van der Waals surface area contributed by atoms with Gasteiger partial charge in [0.1, 0.15) is 11.4 Å². The van der Waals surface area contributed by atoms with E-state index >= 15 is 0 Å². The molecule has 134 valence electrons. The summed E-state index contributed by atoms with van der Waals surface area (Å²) in [6.45, 7) is 4.63. The molecule has 0 unspecified atom stereocenters. The van der Waals surface area contributed by atoms with Gasteiger partial charge in [-0.05, 0) is 43.7 Å². The molecular weight excluding hydrogens is 326 g/mol. The molecule has 3 rings (SSSR count). The van der Waals surface area contributed by atoms with Crippen LogP contribution in [0.3, 0.4) is 0 Å². The van der Waals surface area contributed by atoms with Crippen LogP contribution in [-0.4, -0.2) is 30.0 Å². The molecule has 2 aromatic rings. The van der Waals surface area contributed by atoms with Crippen molar-refractivity contribution >= 4 is 34.6 Å². The van der Waals surface area contributed by atoms with Crippen molar-refractivity contribution in [3.8, 4) is 0 Å². The van der Waals surface area contributed by atoms with Crippen LogP contribution in [-0.2, 0) is 0 Å². The first-order valence-electron chi connectivity index (χ1n) is 8.60. The SMILES string of the molecule is CCC1=NCC(=Nc2[nH+]c(N(C)c3cccc(C)n3)ccc2NN)C=C1. The van der Waals surface area contributed by atoms with Crippen LogP contribution < -0.4 is 21.2 Å². The van der Waals surface area contributed by atoms with Crippen LogP contribution in [0.2, 0.25) is 0 Å². The second kappa shape index (κ2) is 7.88. The fourth-order valence-corrected chi connectivity index (χ4v) is 2.64. The minimum absolute atomic E-state index is 0.566. The lowest BCUT2D eigenvalue weighted by molar-refractivity contribution is -0.346. The van der Waals surface area contributed by atoms with Crippen LogP contribution in [0, 0.1) is 6.92 Å². The molecule has 7 nitrogen and oxygen atoms in total. The molecule has 3 heterocycles. The van der Waals surface area contributed by atoms with Gasteiger partial charge in [-0.2, -0.15) is 0 Å². The number of hydrogen-bond donors (Lipinski definition) is 2. The van der Waals surface area contributed by atoms with Crippen molar-refractivity contribution in [3.05, 3.63) is 48.2 Å². The topological polar surface area (TPSA) is 93.0 Å². The first-order valence-corrected chi connectivity index (χ1v) is 8.60. The van der Waals surface area contributed by atoms with Gasteiger partial charge in [-0.1, -0.05) is 13.0 Å². The molecule has 26 heavy (non-hydrogen) atoms. The molecule has 0 fully saturated rings. The maximum Gasteiger partial charge on any atom is 0.285 e. The monoisotopic (exact) mass is 350 g/mol. The van der Waals surface area contributed by atoms with Gasteiger partial charge in [0.2, 0.25) is 5.82 Å². The molecule has 4 N–H and O–H groups in total. The van der Waals surface area contributed by atoms with Crippen molar-refractivity contribution in [2.45, 2.75) is 20.3 Å². The second-order valence-corrected chi connectivity index (χ2v) is 6.04. The molecule has 0 saturated carbocycles. The number of allylic oxidation sites excluding steroid dienone is 1. The van der Waals surface area contributed by atoms with Crippen LogP contribution in [0.4, 0.5) is 23.1 Å². The van der Waals surface area contributed by atoms with Gasteiger partial charge in [-0.25, -0.2) is 14.9 Å². The number of nitrogens with one attached hydrogen (secondary N) is 2. The molecule has 0 aliphatic carbocycles. The van der Waals surface area contributed by atoms with Gasteiger partial charge in [0.25, 0.3) is 5.82 Å². The number of nitrogen functional groups attached to an aromatic ring is 1. The highest BCUT2D eigenvalue weighted by Gasteiger charge is 2.17. The van der Waals surface area contributed by atoms with E-state index in [1.807, 2.05) is 61.4 Å². The van der Waals surface area contributed by atoms with Gasteiger partial charge >= 0.3 is 0 Å². The van der Waals surface area contributed by atoms with Gasteiger partial charge < -0.3 is 5.43 Å². The molecular formula is C19H24N7+. The number of anilines is 3. The number of hydrogen-bond acceptors (Lipinski definition) is 6. The van der Waals surface area contributed by atoms with Crippen molar-refractivity contribution in [1.82, 2.24) is 4.98 Å². The van der Waals surface area contributed by atoms with Crippen molar-refractivity contribution < 1.29 is 4.98 Å². The third-order valence-electron chi connectivity index (χ3n) is 4.17. The molecule has 1 aliphatic heterocycles. The minimum atomic E-state index is 0.566. The summed E-state index contributed by atoms with van der Waals surface area (Å²) in [5.41, 5.74) is 6.33.